The standard InChI is InChI=1S/C16H22N4S/c1-13-2-4-14(5-3-13)15(17)12-19-7-9-20(10-8-19)16-18-6-11-21-16/h2-6,11,15H,7-10,12,17H2,1H3. The molecule has 1 aromatic heterocycles. The van der Waals surface area contributed by atoms with Gasteiger partial charge in [0.05, 0.1) is 0 Å². The smallest absolute Gasteiger partial charge is 0.185 e. The zero-order valence-corrected chi connectivity index (χ0v) is 13.2. The molecule has 1 aliphatic heterocycles. The fraction of sp³-hybridized carbons (Fsp3) is 0.438. The molecule has 2 heterocycles. The van der Waals surface area contributed by atoms with Crippen molar-refractivity contribution in [3.63, 3.8) is 0 Å². The summed E-state index contributed by atoms with van der Waals surface area (Å²) < 4.78 is 0. The maximum Gasteiger partial charge on any atom is 0.185 e. The van der Waals surface area contributed by atoms with E-state index in [1.54, 1.807) is 11.3 Å². The quantitative estimate of drug-likeness (QED) is 0.941. The molecule has 5 heteroatoms. The molecule has 0 spiro atoms. The molecule has 1 aliphatic rings. The van der Waals surface area contributed by atoms with E-state index in [1.807, 2.05) is 11.6 Å². The summed E-state index contributed by atoms with van der Waals surface area (Å²) in [6, 6.07) is 8.65. The van der Waals surface area contributed by atoms with Crippen LogP contribution in [0.25, 0.3) is 0 Å². The lowest BCUT2D eigenvalue weighted by molar-refractivity contribution is 0.243. The molecular weight excluding hydrogens is 280 g/mol. The first-order valence-electron chi connectivity index (χ1n) is 7.41. The van der Waals surface area contributed by atoms with Gasteiger partial charge in [0.2, 0.25) is 0 Å². The number of anilines is 1. The Bertz CT molecular complexity index is 544. The van der Waals surface area contributed by atoms with Crippen LogP contribution in [0.5, 0.6) is 0 Å². The summed E-state index contributed by atoms with van der Waals surface area (Å²) in [5.74, 6) is 0. The molecule has 1 atom stereocenters. The Morgan fingerprint density at radius 2 is 1.90 bits per heavy atom. The zero-order valence-electron chi connectivity index (χ0n) is 12.4. The largest absolute Gasteiger partial charge is 0.346 e. The maximum absolute atomic E-state index is 6.34. The van der Waals surface area contributed by atoms with Crippen LogP contribution in [0, 0.1) is 6.92 Å². The highest BCUT2D eigenvalue weighted by molar-refractivity contribution is 7.13. The van der Waals surface area contributed by atoms with Gasteiger partial charge >= 0.3 is 0 Å². The molecule has 0 aliphatic carbocycles. The van der Waals surface area contributed by atoms with E-state index >= 15 is 0 Å². The highest BCUT2D eigenvalue weighted by Gasteiger charge is 2.20. The van der Waals surface area contributed by atoms with E-state index in [2.05, 4.69) is 46.0 Å². The normalized spacial score (nSPS) is 17.9. The predicted octanol–water partition coefficient (Wildman–Crippen LogP) is 2.27. The lowest BCUT2D eigenvalue weighted by atomic mass is 10.1. The molecule has 1 aromatic carbocycles. The van der Waals surface area contributed by atoms with Crippen molar-refractivity contribution in [2.24, 2.45) is 5.73 Å². The van der Waals surface area contributed by atoms with Gasteiger partial charge in [-0.15, -0.1) is 11.3 Å². The van der Waals surface area contributed by atoms with Crippen LogP contribution >= 0.6 is 11.3 Å². The maximum atomic E-state index is 6.34. The highest BCUT2D eigenvalue weighted by atomic mass is 32.1. The Hall–Kier alpha value is -1.43. The van der Waals surface area contributed by atoms with Crippen LogP contribution in [0.15, 0.2) is 35.8 Å². The van der Waals surface area contributed by atoms with Crippen LogP contribution < -0.4 is 10.6 Å². The van der Waals surface area contributed by atoms with Crippen LogP contribution in [0.3, 0.4) is 0 Å². The topological polar surface area (TPSA) is 45.4 Å². The van der Waals surface area contributed by atoms with E-state index in [9.17, 15) is 0 Å². The molecule has 0 saturated carbocycles. The first kappa shape index (κ1) is 14.5. The number of aryl methyl sites for hydroxylation is 1. The number of nitrogens with zero attached hydrogens (tertiary/aromatic N) is 3. The minimum absolute atomic E-state index is 0.0945. The second-order valence-corrected chi connectivity index (χ2v) is 6.49. The van der Waals surface area contributed by atoms with Gasteiger partial charge in [0, 0.05) is 50.3 Å². The van der Waals surface area contributed by atoms with Gasteiger partial charge in [0.25, 0.3) is 0 Å². The molecule has 21 heavy (non-hydrogen) atoms. The number of aromatic nitrogens is 1. The number of nitrogens with two attached hydrogens (primary N) is 1. The molecule has 112 valence electrons. The minimum atomic E-state index is 0.0945. The monoisotopic (exact) mass is 302 g/mol. The van der Waals surface area contributed by atoms with Crippen molar-refractivity contribution in [1.29, 1.82) is 0 Å². The summed E-state index contributed by atoms with van der Waals surface area (Å²) in [6.07, 6.45) is 1.87. The van der Waals surface area contributed by atoms with Crippen molar-refractivity contribution in [3.05, 3.63) is 47.0 Å². The Balaban J connectivity index is 1.52. The second-order valence-electron chi connectivity index (χ2n) is 5.62. The third-order valence-corrected chi connectivity index (χ3v) is 4.85. The number of piperazine rings is 1. The molecule has 4 nitrogen and oxygen atoms in total. The Labute approximate surface area is 130 Å². The average molecular weight is 302 g/mol. The molecule has 1 fully saturated rings. The summed E-state index contributed by atoms with van der Waals surface area (Å²) in [4.78, 5) is 9.20. The van der Waals surface area contributed by atoms with Gasteiger partial charge in [0.15, 0.2) is 5.13 Å². The van der Waals surface area contributed by atoms with Gasteiger partial charge in [-0.25, -0.2) is 4.98 Å². The number of rotatable bonds is 4. The van der Waals surface area contributed by atoms with Crippen molar-refractivity contribution in [2.45, 2.75) is 13.0 Å². The van der Waals surface area contributed by atoms with Gasteiger partial charge < -0.3 is 10.6 Å². The molecular formula is C16H22N4S. The van der Waals surface area contributed by atoms with Gasteiger partial charge in [0.1, 0.15) is 0 Å². The molecule has 1 unspecified atom stereocenters. The first-order chi connectivity index (χ1) is 10.2. The summed E-state index contributed by atoms with van der Waals surface area (Å²) in [5.41, 5.74) is 8.85. The number of thiazole rings is 1. The molecule has 0 amide bonds. The highest BCUT2D eigenvalue weighted by Crippen LogP contribution is 2.20. The van der Waals surface area contributed by atoms with Crippen LogP contribution in [0.1, 0.15) is 17.2 Å². The lowest BCUT2D eigenvalue weighted by Gasteiger charge is -2.35. The van der Waals surface area contributed by atoms with Crippen molar-refractivity contribution in [2.75, 3.05) is 37.6 Å². The van der Waals surface area contributed by atoms with Crippen molar-refractivity contribution in [1.82, 2.24) is 9.88 Å². The second kappa shape index (κ2) is 6.56. The Kier molecular flexibility index (Phi) is 4.53. The number of hydrogen-bond acceptors (Lipinski definition) is 5. The summed E-state index contributed by atoms with van der Waals surface area (Å²) in [7, 11) is 0. The fourth-order valence-corrected chi connectivity index (χ4v) is 3.39. The summed E-state index contributed by atoms with van der Waals surface area (Å²) in [6.45, 7) is 7.21. The summed E-state index contributed by atoms with van der Waals surface area (Å²) >= 11 is 1.71. The van der Waals surface area contributed by atoms with Gasteiger partial charge in [-0.3, -0.25) is 4.90 Å². The Morgan fingerprint density at radius 1 is 1.19 bits per heavy atom. The van der Waals surface area contributed by atoms with E-state index in [0.717, 1.165) is 37.9 Å². The van der Waals surface area contributed by atoms with Gasteiger partial charge in [-0.2, -0.15) is 0 Å². The van der Waals surface area contributed by atoms with Crippen LogP contribution in [0.4, 0.5) is 5.13 Å². The first-order valence-corrected chi connectivity index (χ1v) is 8.29. The number of benzene rings is 1. The van der Waals surface area contributed by atoms with E-state index in [4.69, 9.17) is 5.73 Å². The fourth-order valence-electron chi connectivity index (χ4n) is 2.69. The van der Waals surface area contributed by atoms with Crippen LogP contribution in [-0.2, 0) is 0 Å². The SMILES string of the molecule is Cc1ccc(C(N)CN2CCN(c3nccs3)CC2)cc1. The number of hydrogen-bond donors (Lipinski definition) is 1. The van der Waals surface area contributed by atoms with E-state index in [-0.39, 0.29) is 6.04 Å². The molecule has 1 saturated heterocycles. The molecule has 0 bridgehead atoms. The third-order valence-electron chi connectivity index (χ3n) is 4.02. The van der Waals surface area contributed by atoms with Crippen molar-refractivity contribution < 1.29 is 0 Å². The van der Waals surface area contributed by atoms with E-state index < -0.39 is 0 Å². The van der Waals surface area contributed by atoms with E-state index in [0.29, 0.717) is 0 Å². The van der Waals surface area contributed by atoms with Gasteiger partial charge in [-0.05, 0) is 12.5 Å². The van der Waals surface area contributed by atoms with Crippen LogP contribution in [0.2, 0.25) is 0 Å². The van der Waals surface area contributed by atoms with Crippen LogP contribution in [-0.4, -0.2) is 42.6 Å². The third kappa shape index (κ3) is 3.61. The zero-order chi connectivity index (χ0) is 14.7. The molecule has 0 radical (unpaired) electrons. The Morgan fingerprint density at radius 3 is 2.52 bits per heavy atom. The molecule has 3 rings (SSSR count). The van der Waals surface area contributed by atoms with E-state index in [1.165, 1.54) is 11.1 Å². The average Bonchev–Trinajstić information content (AvgIpc) is 3.03. The van der Waals surface area contributed by atoms with Crippen molar-refractivity contribution in [3.8, 4) is 0 Å². The van der Waals surface area contributed by atoms with Gasteiger partial charge in [-0.1, -0.05) is 29.8 Å². The van der Waals surface area contributed by atoms with Crippen molar-refractivity contribution >= 4 is 16.5 Å². The summed E-state index contributed by atoms with van der Waals surface area (Å²) in [5, 5.41) is 3.17. The molecule has 2 aromatic rings. The molecule has 2 N–H and O–H groups in total. The minimum Gasteiger partial charge on any atom is -0.346 e. The predicted molar refractivity (Wildman–Crippen MR) is 88.9 cm³/mol. The lowest BCUT2D eigenvalue weighted by Crippen LogP contribution is -2.48.